The molecule has 3 heteroatoms. The highest BCUT2D eigenvalue weighted by molar-refractivity contribution is 5.83. The summed E-state index contributed by atoms with van der Waals surface area (Å²) in [6.07, 6.45) is 5.96. The molecule has 1 N–H and O–H groups in total. The van der Waals surface area contributed by atoms with Gasteiger partial charge in [-0.1, -0.05) is 54.6 Å². The van der Waals surface area contributed by atoms with E-state index in [0.29, 0.717) is 5.54 Å². The van der Waals surface area contributed by atoms with E-state index < -0.39 is 0 Å². The molecule has 3 aliphatic rings. The number of hydrogen-bond acceptors (Lipinski definition) is 3. The quantitative estimate of drug-likeness (QED) is 0.728. The Balaban J connectivity index is 1.32. The second-order valence-electron chi connectivity index (χ2n) is 7.96. The topological polar surface area (TPSA) is 28.2 Å². The summed E-state index contributed by atoms with van der Waals surface area (Å²) in [5.74, 6) is 1.92. The third kappa shape index (κ3) is 2.86. The lowest BCUT2D eigenvalue weighted by molar-refractivity contribution is -0.0734. The number of benzene rings is 2. The minimum atomic E-state index is 0.298. The van der Waals surface area contributed by atoms with Crippen LogP contribution >= 0.6 is 0 Å². The molecule has 132 valence electrons. The molecule has 1 aliphatic carbocycles. The van der Waals surface area contributed by atoms with Crippen LogP contribution in [0.1, 0.15) is 24.8 Å². The van der Waals surface area contributed by atoms with E-state index in [0.717, 1.165) is 24.8 Å². The normalized spacial score (nSPS) is 25.0. The summed E-state index contributed by atoms with van der Waals surface area (Å²) in [4.78, 5) is 7.32. The molecule has 2 aromatic carbocycles. The molecule has 3 aromatic rings. The minimum Gasteiger partial charge on any atom is -0.368 e. The maximum Gasteiger partial charge on any atom is 0.126 e. The van der Waals surface area contributed by atoms with Gasteiger partial charge in [-0.3, -0.25) is 4.90 Å². The Bertz CT molecular complexity index is 899. The van der Waals surface area contributed by atoms with Gasteiger partial charge in [-0.15, -0.1) is 0 Å². The first-order valence-electron chi connectivity index (χ1n) is 9.68. The minimum absolute atomic E-state index is 0.298. The number of pyridine rings is 1. The van der Waals surface area contributed by atoms with Gasteiger partial charge in [0.25, 0.3) is 0 Å². The number of fused-ring (bicyclic) bond motifs is 3. The van der Waals surface area contributed by atoms with Crippen LogP contribution in [0.2, 0.25) is 0 Å². The van der Waals surface area contributed by atoms with Crippen LogP contribution in [0.3, 0.4) is 0 Å². The second-order valence-corrected chi connectivity index (χ2v) is 7.96. The number of nitrogens with one attached hydrogen (secondary N) is 1. The second kappa shape index (κ2) is 6.40. The van der Waals surface area contributed by atoms with Gasteiger partial charge in [-0.2, -0.15) is 0 Å². The van der Waals surface area contributed by atoms with Gasteiger partial charge in [0.05, 0.1) is 0 Å². The van der Waals surface area contributed by atoms with Crippen molar-refractivity contribution >= 4 is 16.6 Å². The molecule has 0 spiro atoms. The van der Waals surface area contributed by atoms with Crippen molar-refractivity contribution in [2.45, 2.75) is 31.3 Å². The van der Waals surface area contributed by atoms with E-state index in [1.807, 2.05) is 6.20 Å². The summed E-state index contributed by atoms with van der Waals surface area (Å²) in [5.41, 5.74) is 1.72. The van der Waals surface area contributed by atoms with Crippen molar-refractivity contribution in [2.24, 2.45) is 5.92 Å². The standard InChI is InChI=1S/C23H25N3/c1-2-6-18(7-3-1)16-26-11-10-19-13-23(26,14-19)17-25-22-12-20-8-4-5-9-21(20)15-24-22/h1-9,12,15,19H,10-11,13-14,16-17H2,(H,24,25). The van der Waals surface area contributed by atoms with E-state index in [-0.39, 0.29) is 0 Å². The van der Waals surface area contributed by atoms with Crippen LogP contribution in [0.5, 0.6) is 0 Å². The average molecular weight is 343 g/mol. The Morgan fingerprint density at radius 3 is 2.62 bits per heavy atom. The molecule has 3 nitrogen and oxygen atoms in total. The van der Waals surface area contributed by atoms with Crippen LogP contribution in [-0.2, 0) is 6.54 Å². The Labute approximate surface area is 155 Å². The zero-order chi connectivity index (χ0) is 17.4. The summed E-state index contributed by atoms with van der Waals surface area (Å²) in [7, 11) is 0. The van der Waals surface area contributed by atoms with Crippen LogP contribution in [0.4, 0.5) is 5.82 Å². The number of anilines is 1. The molecule has 0 atom stereocenters. The number of rotatable bonds is 5. The fourth-order valence-electron chi connectivity index (χ4n) is 4.79. The number of piperidine rings is 2. The van der Waals surface area contributed by atoms with E-state index in [9.17, 15) is 0 Å². The maximum atomic E-state index is 4.62. The molecule has 3 fully saturated rings. The smallest absolute Gasteiger partial charge is 0.126 e. The zero-order valence-corrected chi connectivity index (χ0v) is 15.1. The molecule has 0 amide bonds. The van der Waals surface area contributed by atoms with Crippen LogP contribution in [-0.4, -0.2) is 28.5 Å². The summed E-state index contributed by atoms with van der Waals surface area (Å²) >= 11 is 0. The Morgan fingerprint density at radius 1 is 1.00 bits per heavy atom. The molecule has 6 rings (SSSR count). The third-order valence-corrected chi connectivity index (χ3v) is 6.26. The highest BCUT2D eigenvalue weighted by Gasteiger charge is 2.51. The van der Waals surface area contributed by atoms with E-state index in [2.05, 4.69) is 75.9 Å². The van der Waals surface area contributed by atoms with Crippen molar-refractivity contribution in [3.05, 3.63) is 72.4 Å². The number of aromatic nitrogens is 1. The summed E-state index contributed by atoms with van der Waals surface area (Å²) in [6, 6.07) is 21.5. The summed E-state index contributed by atoms with van der Waals surface area (Å²) in [5, 5.41) is 6.09. The van der Waals surface area contributed by atoms with Crippen molar-refractivity contribution in [1.29, 1.82) is 0 Å². The van der Waals surface area contributed by atoms with E-state index in [1.165, 1.54) is 42.1 Å². The Morgan fingerprint density at radius 2 is 1.77 bits per heavy atom. The van der Waals surface area contributed by atoms with Crippen molar-refractivity contribution in [1.82, 2.24) is 9.88 Å². The summed E-state index contributed by atoms with van der Waals surface area (Å²) in [6.45, 7) is 3.26. The highest BCUT2D eigenvalue weighted by atomic mass is 15.3. The molecular weight excluding hydrogens is 318 g/mol. The van der Waals surface area contributed by atoms with Crippen molar-refractivity contribution in [3.63, 3.8) is 0 Å². The Kier molecular flexibility index (Phi) is 3.90. The molecule has 3 heterocycles. The van der Waals surface area contributed by atoms with Gasteiger partial charge in [0.2, 0.25) is 0 Å². The molecule has 2 bridgehead atoms. The highest BCUT2D eigenvalue weighted by Crippen LogP contribution is 2.49. The van der Waals surface area contributed by atoms with Crippen molar-refractivity contribution < 1.29 is 0 Å². The van der Waals surface area contributed by atoms with E-state index in [1.54, 1.807) is 0 Å². The van der Waals surface area contributed by atoms with Gasteiger partial charge in [0.1, 0.15) is 5.82 Å². The lowest BCUT2D eigenvalue weighted by Crippen LogP contribution is -2.65. The van der Waals surface area contributed by atoms with Gasteiger partial charge in [0.15, 0.2) is 0 Å². The summed E-state index contributed by atoms with van der Waals surface area (Å²) < 4.78 is 0. The largest absolute Gasteiger partial charge is 0.368 e. The number of hydrogen-bond donors (Lipinski definition) is 1. The molecule has 0 radical (unpaired) electrons. The Hall–Kier alpha value is -2.39. The van der Waals surface area contributed by atoms with Crippen LogP contribution in [0.15, 0.2) is 66.9 Å². The SMILES string of the molecule is c1ccc(CN2CCC3CC2(CNc2cc4ccccc4cn2)C3)cc1. The molecule has 26 heavy (non-hydrogen) atoms. The van der Waals surface area contributed by atoms with Gasteiger partial charge in [0, 0.05) is 30.2 Å². The van der Waals surface area contributed by atoms with Crippen molar-refractivity contribution in [3.8, 4) is 0 Å². The first-order valence-corrected chi connectivity index (χ1v) is 9.68. The molecule has 1 aromatic heterocycles. The lowest BCUT2D eigenvalue weighted by atomic mass is 9.62. The monoisotopic (exact) mass is 343 g/mol. The molecule has 1 saturated carbocycles. The predicted molar refractivity (Wildman–Crippen MR) is 107 cm³/mol. The van der Waals surface area contributed by atoms with Gasteiger partial charge in [-0.05, 0) is 48.7 Å². The predicted octanol–water partition coefficient (Wildman–Crippen LogP) is 4.70. The molecule has 2 aliphatic heterocycles. The molecule has 2 saturated heterocycles. The first-order chi connectivity index (χ1) is 12.8. The van der Waals surface area contributed by atoms with Gasteiger partial charge >= 0.3 is 0 Å². The molecular formula is C23H25N3. The third-order valence-electron chi connectivity index (χ3n) is 6.26. The fraction of sp³-hybridized carbons (Fsp3) is 0.348. The fourth-order valence-corrected chi connectivity index (χ4v) is 4.79. The zero-order valence-electron chi connectivity index (χ0n) is 15.1. The van der Waals surface area contributed by atoms with Crippen LogP contribution in [0.25, 0.3) is 10.8 Å². The number of nitrogens with zero attached hydrogens (tertiary/aromatic N) is 2. The van der Waals surface area contributed by atoms with Crippen LogP contribution < -0.4 is 5.32 Å². The maximum absolute atomic E-state index is 4.62. The van der Waals surface area contributed by atoms with Crippen molar-refractivity contribution in [2.75, 3.05) is 18.4 Å². The van der Waals surface area contributed by atoms with E-state index >= 15 is 0 Å². The molecule has 0 unspecified atom stereocenters. The van der Waals surface area contributed by atoms with E-state index in [4.69, 9.17) is 0 Å². The van der Waals surface area contributed by atoms with Gasteiger partial charge < -0.3 is 5.32 Å². The van der Waals surface area contributed by atoms with Gasteiger partial charge in [-0.25, -0.2) is 4.98 Å². The lowest BCUT2D eigenvalue weighted by Gasteiger charge is -2.59. The first kappa shape index (κ1) is 15.8. The average Bonchev–Trinajstić information content (AvgIpc) is 2.67. The van der Waals surface area contributed by atoms with Crippen LogP contribution in [0, 0.1) is 5.92 Å².